The molecule has 1 aliphatic heterocycles. The summed E-state index contributed by atoms with van der Waals surface area (Å²) in [5.74, 6) is 0.597. The van der Waals surface area contributed by atoms with Crippen LogP contribution in [0, 0.1) is 0 Å². The molecule has 0 saturated carbocycles. The molecule has 0 aliphatic carbocycles. The van der Waals surface area contributed by atoms with E-state index in [2.05, 4.69) is 44.0 Å². The van der Waals surface area contributed by atoms with E-state index < -0.39 is 20.1 Å². The zero-order chi connectivity index (χ0) is 25.8. The van der Waals surface area contributed by atoms with Crippen molar-refractivity contribution in [3.63, 3.8) is 0 Å². The minimum Gasteiger partial charge on any atom is -0.494 e. The van der Waals surface area contributed by atoms with Crippen LogP contribution in [0.5, 0.6) is 5.75 Å². The summed E-state index contributed by atoms with van der Waals surface area (Å²) in [6.07, 6.45) is 1.92. The molecule has 4 aromatic rings. The molecule has 2 aromatic heterocycles. The van der Waals surface area contributed by atoms with Gasteiger partial charge >= 0.3 is 7.82 Å². The number of pyridine rings is 1. The lowest BCUT2D eigenvalue weighted by Crippen LogP contribution is -2.46. The molecule has 11 heteroatoms. The van der Waals surface area contributed by atoms with Crippen molar-refractivity contribution in [1.82, 2.24) is 9.47 Å². The van der Waals surface area contributed by atoms with Crippen LogP contribution < -0.4 is 15.2 Å². The summed E-state index contributed by atoms with van der Waals surface area (Å²) in [5.41, 5.74) is 1.42. The number of phosphoric ester groups is 1. The molecule has 0 bridgehead atoms. The van der Waals surface area contributed by atoms with Crippen molar-refractivity contribution in [2.75, 3.05) is 44.2 Å². The summed E-state index contributed by atoms with van der Waals surface area (Å²) in [7, 11) is -4.70. The summed E-state index contributed by atoms with van der Waals surface area (Å²) in [6, 6.07) is 17.1. The fraction of sp³-hybridized carbons (Fsp3) is 0.346. The first kappa shape index (κ1) is 25.9. The van der Waals surface area contributed by atoms with E-state index in [-0.39, 0.29) is 0 Å². The fourth-order valence-corrected chi connectivity index (χ4v) is 5.79. The average Bonchev–Trinajstić information content (AvgIpc) is 3.37. The van der Waals surface area contributed by atoms with Gasteiger partial charge in [0, 0.05) is 54.1 Å². The third kappa shape index (κ3) is 6.41. The summed E-state index contributed by atoms with van der Waals surface area (Å²) in [6.45, 7) is 5.16. The maximum Gasteiger partial charge on any atom is 0.471 e. The van der Waals surface area contributed by atoms with E-state index in [9.17, 15) is 9.36 Å². The van der Waals surface area contributed by atoms with Gasteiger partial charge in [0.1, 0.15) is 12.5 Å². The van der Waals surface area contributed by atoms with Crippen LogP contribution in [-0.4, -0.2) is 58.6 Å². The van der Waals surface area contributed by atoms with E-state index in [1.54, 1.807) is 23.5 Å². The number of benzene rings is 2. The van der Waals surface area contributed by atoms with Gasteiger partial charge in [-0.25, -0.2) is 4.57 Å². The van der Waals surface area contributed by atoms with Gasteiger partial charge in [-0.3, -0.25) is 18.8 Å². The van der Waals surface area contributed by atoms with Crippen LogP contribution in [0.15, 0.2) is 64.8 Å². The first-order chi connectivity index (χ1) is 17.9. The van der Waals surface area contributed by atoms with E-state index in [0.29, 0.717) is 17.9 Å². The Morgan fingerprint density at radius 1 is 0.973 bits per heavy atom. The lowest BCUT2D eigenvalue weighted by Gasteiger charge is -2.36. The Morgan fingerprint density at radius 3 is 2.59 bits per heavy atom. The summed E-state index contributed by atoms with van der Waals surface area (Å²) in [4.78, 5) is 35.2. The third-order valence-corrected chi connectivity index (χ3v) is 7.98. The van der Waals surface area contributed by atoms with Gasteiger partial charge in [0.05, 0.1) is 12.1 Å². The molecule has 9 nitrogen and oxygen atoms in total. The second-order valence-electron chi connectivity index (χ2n) is 9.06. The number of aromatic nitrogens is 1. The SMILES string of the molecule is O=c1ccc2ccc(OCCCCN3CCN(c4cccc5sccc45)CC3)cc2n1COP(=O)(O)O. The monoisotopic (exact) mass is 543 g/mol. The predicted molar refractivity (Wildman–Crippen MR) is 147 cm³/mol. The van der Waals surface area contributed by atoms with E-state index in [0.717, 1.165) is 51.0 Å². The van der Waals surface area contributed by atoms with Gasteiger partial charge < -0.3 is 19.4 Å². The molecule has 0 spiro atoms. The Labute approximate surface area is 218 Å². The number of rotatable bonds is 10. The summed E-state index contributed by atoms with van der Waals surface area (Å²) < 4.78 is 24.1. The van der Waals surface area contributed by atoms with Gasteiger partial charge in [-0.15, -0.1) is 11.3 Å². The van der Waals surface area contributed by atoms with Crippen LogP contribution in [-0.2, 0) is 15.8 Å². The topological polar surface area (TPSA) is 104 Å². The minimum atomic E-state index is -4.70. The lowest BCUT2D eigenvalue weighted by atomic mass is 10.2. The summed E-state index contributed by atoms with van der Waals surface area (Å²) in [5, 5.41) is 4.25. The van der Waals surface area contributed by atoms with Crippen LogP contribution in [0.1, 0.15) is 12.8 Å². The zero-order valence-corrected chi connectivity index (χ0v) is 22.1. The maximum absolute atomic E-state index is 12.2. The van der Waals surface area contributed by atoms with Crippen LogP contribution >= 0.6 is 19.2 Å². The first-order valence-electron chi connectivity index (χ1n) is 12.3. The maximum atomic E-state index is 12.2. The van der Waals surface area contributed by atoms with Gasteiger partial charge in [-0.05, 0) is 66.6 Å². The van der Waals surface area contributed by atoms with Gasteiger partial charge in [0.25, 0.3) is 5.56 Å². The van der Waals surface area contributed by atoms with Gasteiger partial charge in [0.2, 0.25) is 0 Å². The molecule has 37 heavy (non-hydrogen) atoms. The highest BCUT2D eigenvalue weighted by atomic mass is 32.1. The highest BCUT2D eigenvalue weighted by Crippen LogP contribution is 2.36. The Kier molecular flexibility index (Phi) is 7.95. The van der Waals surface area contributed by atoms with Crippen molar-refractivity contribution in [2.45, 2.75) is 19.6 Å². The average molecular weight is 544 g/mol. The van der Waals surface area contributed by atoms with Crippen molar-refractivity contribution in [1.29, 1.82) is 0 Å². The van der Waals surface area contributed by atoms with Crippen LogP contribution in [0.25, 0.3) is 21.0 Å². The predicted octanol–water partition coefficient (Wildman–Crippen LogP) is 4.26. The van der Waals surface area contributed by atoms with Crippen LogP contribution in [0.3, 0.4) is 0 Å². The molecule has 2 N–H and O–H groups in total. The first-order valence-corrected chi connectivity index (χ1v) is 14.7. The molecule has 1 aliphatic rings. The van der Waals surface area contributed by atoms with Gasteiger partial charge in [-0.1, -0.05) is 6.07 Å². The Balaban J connectivity index is 1.09. The van der Waals surface area contributed by atoms with Crippen molar-refractivity contribution in [2.24, 2.45) is 0 Å². The number of thiophene rings is 1. The largest absolute Gasteiger partial charge is 0.494 e. The van der Waals surface area contributed by atoms with E-state index in [1.165, 1.54) is 26.4 Å². The molecular weight excluding hydrogens is 513 g/mol. The normalized spacial score (nSPS) is 15.0. The number of hydrogen-bond acceptors (Lipinski definition) is 7. The Bertz CT molecular complexity index is 1470. The lowest BCUT2D eigenvalue weighted by molar-refractivity contribution is 0.154. The van der Waals surface area contributed by atoms with E-state index in [1.807, 2.05) is 12.1 Å². The number of unbranched alkanes of at least 4 members (excludes halogenated alkanes) is 1. The third-order valence-electron chi connectivity index (χ3n) is 6.64. The Morgan fingerprint density at radius 2 is 1.78 bits per heavy atom. The molecule has 0 atom stereocenters. The van der Waals surface area contributed by atoms with Crippen molar-refractivity contribution < 1.29 is 23.6 Å². The smallest absolute Gasteiger partial charge is 0.471 e. The number of ether oxygens (including phenoxy) is 1. The molecule has 1 fully saturated rings. The molecule has 0 unspecified atom stereocenters. The molecular formula is C26H30N3O6PS. The van der Waals surface area contributed by atoms with Gasteiger partial charge in [0.15, 0.2) is 0 Å². The molecule has 5 rings (SSSR count). The van der Waals surface area contributed by atoms with Crippen LogP contribution in [0.4, 0.5) is 5.69 Å². The molecule has 0 amide bonds. The zero-order valence-electron chi connectivity index (χ0n) is 20.4. The molecule has 2 aromatic carbocycles. The quantitative estimate of drug-likeness (QED) is 0.226. The summed E-state index contributed by atoms with van der Waals surface area (Å²) >= 11 is 1.79. The molecule has 196 valence electrons. The second kappa shape index (κ2) is 11.3. The second-order valence-corrected chi connectivity index (χ2v) is 11.2. The van der Waals surface area contributed by atoms with Crippen LogP contribution in [0.2, 0.25) is 0 Å². The number of hydrogen-bond donors (Lipinski definition) is 2. The number of fused-ring (bicyclic) bond motifs is 2. The highest BCUT2D eigenvalue weighted by Gasteiger charge is 2.19. The molecule has 3 heterocycles. The minimum absolute atomic E-state index is 0.412. The number of piperazine rings is 1. The van der Waals surface area contributed by atoms with Crippen molar-refractivity contribution in [3.8, 4) is 5.75 Å². The molecule has 1 saturated heterocycles. The standard InChI is InChI=1S/C26H30N3O6PS/c30-26-9-7-20-6-8-21(18-24(20)29(26)19-35-36(31,32)33)34-16-2-1-11-27-12-14-28(15-13-27)23-4-3-5-25-22(23)10-17-37-25/h3-10,17-18H,1-2,11-16,19H2,(H2,31,32,33). The molecule has 0 radical (unpaired) electrons. The van der Waals surface area contributed by atoms with Gasteiger partial charge in [-0.2, -0.15) is 0 Å². The number of anilines is 1. The van der Waals surface area contributed by atoms with E-state index in [4.69, 9.17) is 14.5 Å². The number of nitrogens with zero attached hydrogens (tertiary/aromatic N) is 3. The van der Waals surface area contributed by atoms with Crippen molar-refractivity contribution >= 4 is 45.8 Å². The number of phosphoric acid groups is 1. The fourth-order valence-electron chi connectivity index (χ4n) is 4.72. The van der Waals surface area contributed by atoms with E-state index >= 15 is 0 Å². The highest BCUT2D eigenvalue weighted by molar-refractivity contribution is 7.46. The van der Waals surface area contributed by atoms with Crippen molar-refractivity contribution in [3.05, 3.63) is 70.3 Å². The Hall–Kier alpha value is -2.72.